The zero-order chi connectivity index (χ0) is 16.5. The number of likely N-dealkylation sites (N-methyl/N-ethyl adjacent to an activating group) is 1. The minimum atomic E-state index is 0.533. The molecule has 2 fully saturated rings. The average Bonchev–Trinajstić information content (AvgIpc) is 2.98. The van der Waals surface area contributed by atoms with E-state index in [2.05, 4.69) is 38.3 Å². The van der Waals surface area contributed by atoms with E-state index < -0.39 is 0 Å². The standard InChI is InChI=1S/C17H26N6O/c1-21(12-16-19-17(24-20-16)14-3-4-14)15-6-8-23(11-15)7-5-13-9-18-22(2)10-13/h9-10,14-15H,3-8,11-12H2,1-2H3/t15-/m0/s1. The van der Waals surface area contributed by atoms with Crippen LogP contribution in [0.1, 0.15) is 42.5 Å². The first-order valence-electron chi connectivity index (χ1n) is 8.90. The SMILES string of the molecule is CN(Cc1noc(C2CC2)n1)[C@H]1CCN(CCc2cnn(C)c2)C1. The zero-order valence-corrected chi connectivity index (χ0v) is 14.6. The van der Waals surface area contributed by atoms with Crippen molar-refractivity contribution in [2.24, 2.45) is 7.05 Å². The van der Waals surface area contributed by atoms with Crippen molar-refractivity contribution in [1.82, 2.24) is 29.7 Å². The number of hydrogen-bond acceptors (Lipinski definition) is 6. The first kappa shape index (κ1) is 15.8. The molecule has 24 heavy (non-hydrogen) atoms. The minimum absolute atomic E-state index is 0.533. The molecule has 0 unspecified atom stereocenters. The largest absolute Gasteiger partial charge is 0.339 e. The van der Waals surface area contributed by atoms with E-state index in [-0.39, 0.29) is 0 Å². The van der Waals surface area contributed by atoms with Crippen LogP contribution >= 0.6 is 0 Å². The van der Waals surface area contributed by atoms with Crippen molar-refractivity contribution in [2.75, 3.05) is 26.7 Å². The van der Waals surface area contributed by atoms with E-state index in [1.165, 1.54) is 24.8 Å². The van der Waals surface area contributed by atoms with E-state index in [4.69, 9.17) is 4.52 Å². The van der Waals surface area contributed by atoms with Crippen LogP contribution in [0.2, 0.25) is 0 Å². The van der Waals surface area contributed by atoms with Crippen LogP contribution in [0, 0.1) is 0 Å². The average molecular weight is 330 g/mol. The third kappa shape index (κ3) is 3.67. The van der Waals surface area contributed by atoms with Crippen molar-refractivity contribution in [2.45, 2.75) is 44.2 Å². The highest BCUT2D eigenvalue weighted by molar-refractivity contribution is 5.04. The number of nitrogens with zero attached hydrogens (tertiary/aromatic N) is 6. The molecule has 2 aromatic rings. The van der Waals surface area contributed by atoms with Gasteiger partial charge in [-0.1, -0.05) is 5.16 Å². The number of rotatable bonds is 7. The summed E-state index contributed by atoms with van der Waals surface area (Å²) >= 11 is 0. The molecule has 0 amide bonds. The van der Waals surface area contributed by atoms with E-state index in [9.17, 15) is 0 Å². The Morgan fingerprint density at radius 1 is 1.33 bits per heavy atom. The lowest BCUT2D eigenvalue weighted by atomic mass is 10.2. The van der Waals surface area contributed by atoms with Crippen LogP contribution in [0.25, 0.3) is 0 Å². The van der Waals surface area contributed by atoms with E-state index >= 15 is 0 Å². The molecule has 1 aliphatic heterocycles. The lowest BCUT2D eigenvalue weighted by Gasteiger charge is -2.23. The van der Waals surface area contributed by atoms with Gasteiger partial charge in [-0.25, -0.2) is 0 Å². The monoisotopic (exact) mass is 330 g/mol. The highest BCUT2D eigenvalue weighted by Crippen LogP contribution is 2.38. The van der Waals surface area contributed by atoms with Gasteiger partial charge in [-0.2, -0.15) is 10.1 Å². The quantitative estimate of drug-likeness (QED) is 0.765. The molecule has 3 heterocycles. The molecule has 7 heteroatoms. The fourth-order valence-corrected chi connectivity index (χ4v) is 3.44. The van der Waals surface area contributed by atoms with Crippen molar-refractivity contribution in [3.63, 3.8) is 0 Å². The first-order chi connectivity index (χ1) is 11.7. The summed E-state index contributed by atoms with van der Waals surface area (Å²) in [6.45, 7) is 4.15. The molecule has 130 valence electrons. The van der Waals surface area contributed by atoms with Crippen LogP contribution in [-0.2, 0) is 20.0 Å². The molecule has 1 saturated heterocycles. The number of aromatic nitrogens is 4. The van der Waals surface area contributed by atoms with Gasteiger partial charge < -0.3 is 9.42 Å². The Bertz CT molecular complexity index is 676. The third-order valence-corrected chi connectivity index (χ3v) is 5.15. The van der Waals surface area contributed by atoms with Crippen molar-refractivity contribution >= 4 is 0 Å². The lowest BCUT2D eigenvalue weighted by Crippen LogP contribution is -2.34. The molecule has 0 radical (unpaired) electrons. The summed E-state index contributed by atoms with van der Waals surface area (Å²) in [6, 6.07) is 0.571. The first-order valence-corrected chi connectivity index (χ1v) is 8.90. The molecule has 2 aromatic heterocycles. The van der Waals surface area contributed by atoms with Crippen molar-refractivity contribution in [3.8, 4) is 0 Å². The predicted molar refractivity (Wildman–Crippen MR) is 89.5 cm³/mol. The molecule has 0 spiro atoms. The summed E-state index contributed by atoms with van der Waals surface area (Å²) in [5.41, 5.74) is 1.31. The second kappa shape index (κ2) is 6.64. The van der Waals surface area contributed by atoms with Crippen LogP contribution < -0.4 is 0 Å². The van der Waals surface area contributed by atoms with Gasteiger partial charge in [0.25, 0.3) is 0 Å². The van der Waals surface area contributed by atoms with Gasteiger partial charge in [0.2, 0.25) is 5.89 Å². The maximum Gasteiger partial charge on any atom is 0.229 e. The fourth-order valence-electron chi connectivity index (χ4n) is 3.44. The Labute approximate surface area is 142 Å². The summed E-state index contributed by atoms with van der Waals surface area (Å²) < 4.78 is 7.23. The molecule has 1 aliphatic carbocycles. The minimum Gasteiger partial charge on any atom is -0.339 e. The van der Waals surface area contributed by atoms with Crippen LogP contribution in [0.5, 0.6) is 0 Å². The summed E-state index contributed by atoms with van der Waals surface area (Å²) in [5, 5.41) is 8.37. The predicted octanol–water partition coefficient (Wildman–Crippen LogP) is 1.43. The second-order valence-electron chi connectivity index (χ2n) is 7.25. The maximum atomic E-state index is 5.36. The molecule has 1 saturated carbocycles. The van der Waals surface area contributed by atoms with Crippen LogP contribution in [0.15, 0.2) is 16.9 Å². The molecule has 7 nitrogen and oxygen atoms in total. The van der Waals surface area contributed by atoms with Gasteiger partial charge in [0, 0.05) is 38.3 Å². The molecule has 0 bridgehead atoms. The smallest absolute Gasteiger partial charge is 0.229 e. The lowest BCUT2D eigenvalue weighted by molar-refractivity contribution is 0.218. The summed E-state index contributed by atoms with van der Waals surface area (Å²) in [4.78, 5) is 9.45. The van der Waals surface area contributed by atoms with E-state index in [0.717, 1.165) is 44.3 Å². The van der Waals surface area contributed by atoms with E-state index in [1.807, 2.05) is 17.9 Å². The van der Waals surface area contributed by atoms with Crippen molar-refractivity contribution in [3.05, 3.63) is 29.7 Å². The number of hydrogen-bond donors (Lipinski definition) is 0. The normalized spacial score (nSPS) is 21.9. The van der Waals surface area contributed by atoms with E-state index in [1.54, 1.807) is 0 Å². The maximum absolute atomic E-state index is 5.36. The fraction of sp³-hybridized carbons (Fsp3) is 0.706. The Balaban J connectivity index is 1.24. The summed E-state index contributed by atoms with van der Waals surface area (Å²) in [6.07, 6.45) is 8.75. The molecular weight excluding hydrogens is 304 g/mol. The highest BCUT2D eigenvalue weighted by atomic mass is 16.5. The van der Waals surface area contributed by atoms with E-state index in [0.29, 0.717) is 12.0 Å². The molecule has 4 rings (SSSR count). The Hall–Kier alpha value is -1.73. The van der Waals surface area contributed by atoms with Gasteiger partial charge in [0.15, 0.2) is 5.82 Å². The van der Waals surface area contributed by atoms with Gasteiger partial charge in [0.05, 0.1) is 12.7 Å². The molecule has 2 aliphatic rings. The molecule has 0 N–H and O–H groups in total. The highest BCUT2D eigenvalue weighted by Gasteiger charge is 2.30. The Morgan fingerprint density at radius 2 is 2.21 bits per heavy atom. The second-order valence-corrected chi connectivity index (χ2v) is 7.25. The van der Waals surface area contributed by atoms with Crippen molar-refractivity contribution < 1.29 is 4.52 Å². The van der Waals surface area contributed by atoms with Crippen LogP contribution in [0.3, 0.4) is 0 Å². The van der Waals surface area contributed by atoms with Gasteiger partial charge >= 0.3 is 0 Å². The van der Waals surface area contributed by atoms with Crippen molar-refractivity contribution in [1.29, 1.82) is 0 Å². The van der Waals surface area contributed by atoms with Gasteiger partial charge in [0.1, 0.15) is 0 Å². The zero-order valence-electron chi connectivity index (χ0n) is 14.6. The number of likely N-dealkylation sites (tertiary alicyclic amines) is 1. The van der Waals surface area contributed by atoms with Gasteiger partial charge in [-0.3, -0.25) is 9.58 Å². The topological polar surface area (TPSA) is 63.2 Å². The molecule has 0 aromatic carbocycles. The Morgan fingerprint density at radius 3 is 2.96 bits per heavy atom. The van der Waals surface area contributed by atoms with Gasteiger partial charge in [-0.15, -0.1) is 0 Å². The molecule has 1 atom stereocenters. The van der Waals surface area contributed by atoms with Crippen LogP contribution in [0.4, 0.5) is 0 Å². The van der Waals surface area contributed by atoms with Gasteiger partial charge in [-0.05, 0) is 44.8 Å². The Kier molecular flexibility index (Phi) is 4.37. The summed E-state index contributed by atoms with van der Waals surface area (Å²) in [5.74, 6) is 2.20. The molecular formula is C17H26N6O. The third-order valence-electron chi connectivity index (χ3n) is 5.15. The summed E-state index contributed by atoms with van der Waals surface area (Å²) in [7, 11) is 4.14. The number of aryl methyl sites for hydroxylation is 1. The van der Waals surface area contributed by atoms with Crippen LogP contribution in [-0.4, -0.2) is 62.4 Å².